The average molecular weight is 354 g/mol. The molecule has 0 aromatic heterocycles. The molecule has 4 rings (SSSR count). The van der Waals surface area contributed by atoms with Crippen molar-refractivity contribution in [2.24, 2.45) is 0 Å². The topological polar surface area (TPSA) is 46.5 Å². The zero-order chi connectivity index (χ0) is 18.8. The standard InChI is InChI=1S/C24H18O3/c1-16-21(24(26)19-14-8-9-15-20(19)27-16)22(17-10-4-2-5-11-17)23(25)18-12-6-3-7-13-18/h2-15,22,26H,1H2. The van der Waals surface area contributed by atoms with Crippen LogP contribution in [0, 0.1) is 0 Å². The highest BCUT2D eigenvalue weighted by atomic mass is 16.5. The minimum Gasteiger partial charge on any atom is -0.507 e. The normalized spacial score (nSPS) is 14.3. The second-order valence-electron chi connectivity index (χ2n) is 6.36. The molecule has 1 aliphatic heterocycles. The lowest BCUT2D eigenvalue weighted by molar-refractivity contribution is 0.0970. The summed E-state index contributed by atoms with van der Waals surface area (Å²) in [5.41, 5.74) is 2.30. The van der Waals surface area contributed by atoms with E-state index in [-0.39, 0.29) is 17.3 Å². The molecule has 0 spiro atoms. The number of aliphatic hydroxyl groups is 1. The minimum absolute atomic E-state index is 0.0278. The fourth-order valence-corrected chi connectivity index (χ4v) is 3.38. The van der Waals surface area contributed by atoms with Crippen LogP contribution in [0.25, 0.3) is 5.76 Å². The van der Waals surface area contributed by atoms with Gasteiger partial charge in [-0.1, -0.05) is 79.4 Å². The molecule has 3 aromatic rings. The van der Waals surface area contributed by atoms with Crippen molar-refractivity contribution in [2.75, 3.05) is 0 Å². The fourth-order valence-electron chi connectivity index (χ4n) is 3.38. The number of fused-ring (bicyclic) bond motifs is 1. The van der Waals surface area contributed by atoms with E-state index in [0.29, 0.717) is 22.4 Å². The van der Waals surface area contributed by atoms with Crippen molar-refractivity contribution >= 4 is 11.5 Å². The number of ether oxygens (including phenoxy) is 1. The Kier molecular flexibility index (Phi) is 4.35. The summed E-state index contributed by atoms with van der Waals surface area (Å²) in [4.78, 5) is 13.4. The van der Waals surface area contributed by atoms with E-state index in [1.54, 1.807) is 24.3 Å². The van der Waals surface area contributed by atoms with E-state index in [4.69, 9.17) is 4.74 Å². The van der Waals surface area contributed by atoms with E-state index in [2.05, 4.69) is 6.58 Å². The molecule has 1 unspecified atom stereocenters. The molecule has 3 aromatic carbocycles. The number of hydrogen-bond acceptors (Lipinski definition) is 3. The van der Waals surface area contributed by atoms with Gasteiger partial charge in [0.25, 0.3) is 0 Å². The third-order valence-corrected chi connectivity index (χ3v) is 4.67. The molecular weight excluding hydrogens is 336 g/mol. The minimum atomic E-state index is -0.713. The van der Waals surface area contributed by atoms with Gasteiger partial charge < -0.3 is 9.84 Å². The summed E-state index contributed by atoms with van der Waals surface area (Å²) in [7, 11) is 0. The van der Waals surface area contributed by atoms with E-state index < -0.39 is 5.92 Å². The summed E-state index contributed by atoms with van der Waals surface area (Å²) in [6.07, 6.45) is 0. The fraction of sp³-hybridized carbons (Fsp3) is 0.0417. The van der Waals surface area contributed by atoms with Crippen LogP contribution in [0.1, 0.15) is 27.4 Å². The van der Waals surface area contributed by atoms with E-state index in [1.807, 2.05) is 60.7 Å². The first-order chi connectivity index (χ1) is 13.2. The van der Waals surface area contributed by atoms with Crippen LogP contribution in [-0.4, -0.2) is 10.9 Å². The number of allylic oxidation sites excluding steroid dienone is 1. The van der Waals surface area contributed by atoms with Crippen molar-refractivity contribution in [1.82, 2.24) is 0 Å². The number of ketones is 1. The maximum Gasteiger partial charge on any atom is 0.174 e. The van der Waals surface area contributed by atoms with Gasteiger partial charge in [0, 0.05) is 5.56 Å². The summed E-state index contributed by atoms with van der Waals surface area (Å²) in [6, 6.07) is 25.6. The van der Waals surface area contributed by atoms with E-state index in [9.17, 15) is 9.90 Å². The lowest BCUT2D eigenvalue weighted by atomic mass is 9.81. The van der Waals surface area contributed by atoms with Crippen LogP contribution in [0.15, 0.2) is 103 Å². The van der Waals surface area contributed by atoms with Crippen molar-refractivity contribution in [3.8, 4) is 5.75 Å². The van der Waals surface area contributed by atoms with Gasteiger partial charge in [-0.3, -0.25) is 4.79 Å². The molecule has 0 fully saturated rings. The summed E-state index contributed by atoms with van der Waals surface area (Å²) >= 11 is 0. The molecule has 1 N–H and O–H groups in total. The number of para-hydroxylation sites is 1. The first-order valence-electron chi connectivity index (χ1n) is 8.70. The molecule has 1 heterocycles. The smallest absolute Gasteiger partial charge is 0.174 e. The molecule has 0 saturated heterocycles. The molecule has 27 heavy (non-hydrogen) atoms. The van der Waals surface area contributed by atoms with Gasteiger partial charge in [-0.2, -0.15) is 0 Å². The lowest BCUT2D eigenvalue weighted by Crippen LogP contribution is -2.21. The van der Waals surface area contributed by atoms with Gasteiger partial charge in [-0.25, -0.2) is 0 Å². The Morgan fingerprint density at radius 3 is 2.15 bits per heavy atom. The Hall–Kier alpha value is -3.59. The zero-order valence-electron chi connectivity index (χ0n) is 14.6. The molecule has 0 aliphatic carbocycles. The maximum atomic E-state index is 13.4. The largest absolute Gasteiger partial charge is 0.507 e. The Balaban J connectivity index is 1.92. The third kappa shape index (κ3) is 3.04. The van der Waals surface area contributed by atoms with Crippen molar-refractivity contribution in [1.29, 1.82) is 0 Å². The Morgan fingerprint density at radius 2 is 1.44 bits per heavy atom. The number of rotatable bonds is 4. The van der Waals surface area contributed by atoms with Crippen LogP contribution >= 0.6 is 0 Å². The highest BCUT2D eigenvalue weighted by Gasteiger charge is 2.34. The predicted molar refractivity (Wildman–Crippen MR) is 106 cm³/mol. The summed E-state index contributed by atoms with van der Waals surface area (Å²) in [5.74, 6) is 0.00831. The molecular formula is C24H18O3. The average Bonchev–Trinajstić information content (AvgIpc) is 2.72. The first kappa shape index (κ1) is 16.9. The van der Waals surface area contributed by atoms with Gasteiger partial charge >= 0.3 is 0 Å². The highest BCUT2D eigenvalue weighted by molar-refractivity contribution is 6.04. The van der Waals surface area contributed by atoms with Gasteiger partial charge in [-0.15, -0.1) is 0 Å². The number of hydrogen-bond donors (Lipinski definition) is 1. The number of carbonyl (C=O) groups excluding carboxylic acids is 1. The summed E-state index contributed by atoms with van der Waals surface area (Å²) in [5, 5.41) is 11.0. The van der Waals surface area contributed by atoms with Crippen molar-refractivity contribution in [3.63, 3.8) is 0 Å². The van der Waals surface area contributed by atoms with Gasteiger partial charge in [0.2, 0.25) is 0 Å². The number of Topliss-reactive ketones (excluding diaryl/α,β-unsaturated/α-hetero) is 1. The monoisotopic (exact) mass is 354 g/mol. The SMILES string of the molecule is C=C1Oc2ccccc2C(O)=C1C(C(=O)c1ccccc1)c1ccccc1. The number of carbonyl (C=O) groups is 1. The van der Waals surface area contributed by atoms with Crippen LogP contribution in [-0.2, 0) is 0 Å². The molecule has 1 aliphatic rings. The Morgan fingerprint density at radius 1 is 0.852 bits per heavy atom. The first-order valence-corrected chi connectivity index (χ1v) is 8.70. The molecule has 132 valence electrons. The second-order valence-corrected chi connectivity index (χ2v) is 6.36. The number of benzene rings is 3. The third-order valence-electron chi connectivity index (χ3n) is 4.67. The molecule has 0 bridgehead atoms. The maximum absolute atomic E-state index is 13.4. The molecule has 0 saturated carbocycles. The van der Waals surface area contributed by atoms with Gasteiger partial charge in [0.15, 0.2) is 5.78 Å². The van der Waals surface area contributed by atoms with Crippen LogP contribution in [0.2, 0.25) is 0 Å². The van der Waals surface area contributed by atoms with Crippen LogP contribution < -0.4 is 4.74 Å². The predicted octanol–water partition coefficient (Wildman–Crippen LogP) is 5.53. The molecule has 1 atom stereocenters. The zero-order valence-corrected chi connectivity index (χ0v) is 14.6. The van der Waals surface area contributed by atoms with Crippen molar-refractivity contribution in [2.45, 2.75) is 5.92 Å². The van der Waals surface area contributed by atoms with E-state index in [0.717, 1.165) is 5.56 Å². The van der Waals surface area contributed by atoms with Gasteiger partial charge in [-0.05, 0) is 17.7 Å². The summed E-state index contributed by atoms with van der Waals surface area (Å²) in [6.45, 7) is 3.98. The molecule has 3 nitrogen and oxygen atoms in total. The molecule has 0 radical (unpaired) electrons. The Labute approximate surface area is 157 Å². The summed E-state index contributed by atoms with van der Waals surface area (Å²) < 4.78 is 5.84. The second kappa shape index (κ2) is 6.96. The van der Waals surface area contributed by atoms with E-state index in [1.165, 1.54) is 0 Å². The highest BCUT2D eigenvalue weighted by Crippen LogP contribution is 2.43. The van der Waals surface area contributed by atoms with Gasteiger partial charge in [0.05, 0.1) is 17.1 Å². The van der Waals surface area contributed by atoms with E-state index >= 15 is 0 Å². The van der Waals surface area contributed by atoms with Crippen LogP contribution in [0.5, 0.6) is 5.75 Å². The van der Waals surface area contributed by atoms with Gasteiger partial charge in [0.1, 0.15) is 17.3 Å². The van der Waals surface area contributed by atoms with Crippen molar-refractivity contribution in [3.05, 3.63) is 120 Å². The van der Waals surface area contributed by atoms with Crippen LogP contribution in [0.3, 0.4) is 0 Å². The lowest BCUT2D eigenvalue weighted by Gasteiger charge is -2.27. The number of aliphatic hydroxyl groups excluding tert-OH is 1. The molecule has 0 amide bonds. The van der Waals surface area contributed by atoms with Crippen LogP contribution in [0.4, 0.5) is 0 Å². The van der Waals surface area contributed by atoms with Crippen molar-refractivity contribution < 1.29 is 14.6 Å². The Bertz CT molecular complexity index is 1030. The quantitative estimate of drug-likeness (QED) is 0.627. The molecule has 3 heteroatoms.